The Morgan fingerprint density at radius 1 is 1.04 bits per heavy atom. The van der Waals surface area contributed by atoms with Crippen LogP contribution < -0.4 is 4.90 Å². The van der Waals surface area contributed by atoms with E-state index < -0.39 is 6.09 Å². The van der Waals surface area contributed by atoms with Gasteiger partial charge in [-0.2, -0.15) is 0 Å². The molecule has 3 aromatic carbocycles. The molecule has 0 saturated carbocycles. The SMILES string of the molecule is CC(C)OC(=O)N1c2ccccc2Sc2cc(O)c3ccccc3c21. The molecule has 126 valence electrons. The smallest absolute Gasteiger partial charge is 0.419 e. The molecule has 0 fully saturated rings. The number of benzene rings is 3. The molecule has 4 rings (SSSR count). The topological polar surface area (TPSA) is 49.8 Å². The lowest BCUT2D eigenvalue weighted by Gasteiger charge is -2.32. The van der Waals surface area contributed by atoms with Gasteiger partial charge in [-0.25, -0.2) is 9.69 Å². The zero-order valence-electron chi connectivity index (χ0n) is 13.9. The van der Waals surface area contributed by atoms with Gasteiger partial charge in [0.2, 0.25) is 0 Å². The van der Waals surface area contributed by atoms with Crippen LogP contribution in [-0.2, 0) is 4.74 Å². The van der Waals surface area contributed by atoms with Gasteiger partial charge in [-0.05, 0) is 32.0 Å². The molecule has 1 amide bonds. The lowest BCUT2D eigenvalue weighted by atomic mass is 10.1. The number of amides is 1. The van der Waals surface area contributed by atoms with E-state index in [4.69, 9.17) is 4.74 Å². The van der Waals surface area contributed by atoms with Crippen molar-refractivity contribution in [3.8, 4) is 5.75 Å². The van der Waals surface area contributed by atoms with Crippen molar-refractivity contribution in [1.29, 1.82) is 0 Å². The normalized spacial score (nSPS) is 12.8. The number of carbonyl (C=O) groups is 1. The second-order valence-electron chi connectivity index (χ2n) is 6.13. The van der Waals surface area contributed by atoms with Crippen LogP contribution in [0.1, 0.15) is 13.8 Å². The summed E-state index contributed by atoms with van der Waals surface area (Å²) in [7, 11) is 0. The Kier molecular flexibility index (Phi) is 3.81. The number of hydrogen-bond acceptors (Lipinski definition) is 4. The Morgan fingerprint density at radius 2 is 1.72 bits per heavy atom. The van der Waals surface area contributed by atoms with E-state index in [9.17, 15) is 9.90 Å². The summed E-state index contributed by atoms with van der Waals surface area (Å²) in [5.41, 5.74) is 1.55. The van der Waals surface area contributed by atoms with Gasteiger partial charge in [0.05, 0.1) is 17.5 Å². The lowest BCUT2D eigenvalue weighted by molar-refractivity contribution is 0.125. The van der Waals surface area contributed by atoms with Crippen LogP contribution in [0.3, 0.4) is 0 Å². The summed E-state index contributed by atoms with van der Waals surface area (Å²) in [5, 5.41) is 11.9. The Hall–Kier alpha value is -2.66. The Labute approximate surface area is 150 Å². The van der Waals surface area contributed by atoms with Gasteiger partial charge in [-0.1, -0.05) is 48.2 Å². The van der Waals surface area contributed by atoms with Crippen LogP contribution in [0, 0.1) is 0 Å². The summed E-state index contributed by atoms with van der Waals surface area (Å²) in [6.07, 6.45) is -0.638. The van der Waals surface area contributed by atoms with E-state index in [2.05, 4.69) is 0 Å². The Balaban J connectivity index is 2.01. The molecule has 1 heterocycles. The molecule has 0 spiro atoms. The minimum Gasteiger partial charge on any atom is -0.507 e. The van der Waals surface area contributed by atoms with E-state index in [-0.39, 0.29) is 11.9 Å². The number of anilines is 2. The average molecular weight is 351 g/mol. The number of aromatic hydroxyl groups is 1. The highest BCUT2D eigenvalue weighted by molar-refractivity contribution is 7.99. The van der Waals surface area contributed by atoms with Crippen LogP contribution in [0.2, 0.25) is 0 Å². The van der Waals surface area contributed by atoms with Crippen LogP contribution in [0.25, 0.3) is 10.8 Å². The molecular formula is C20H17NO3S. The average Bonchev–Trinajstić information content (AvgIpc) is 2.59. The Morgan fingerprint density at radius 3 is 2.48 bits per heavy atom. The predicted molar refractivity (Wildman–Crippen MR) is 99.9 cm³/mol. The third-order valence-electron chi connectivity index (χ3n) is 4.03. The van der Waals surface area contributed by atoms with Gasteiger partial charge in [0.15, 0.2) is 0 Å². The third kappa shape index (κ3) is 2.61. The summed E-state index contributed by atoms with van der Waals surface area (Å²) in [6, 6.07) is 17.0. The molecule has 0 atom stereocenters. The fourth-order valence-electron chi connectivity index (χ4n) is 3.04. The zero-order chi connectivity index (χ0) is 17.6. The van der Waals surface area contributed by atoms with E-state index in [1.807, 2.05) is 62.4 Å². The molecule has 5 heteroatoms. The van der Waals surface area contributed by atoms with E-state index >= 15 is 0 Å². The molecule has 0 aromatic heterocycles. The van der Waals surface area contributed by atoms with Crippen LogP contribution in [0.5, 0.6) is 5.75 Å². The van der Waals surface area contributed by atoms with Gasteiger partial charge in [-0.3, -0.25) is 0 Å². The number of nitrogens with zero attached hydrogens (tertiary/aromatic N) is 1. The molecule has 0 aliphatic carbocycles. The van der Waals surface area contributed by atoms with Crippen molar-refractivity contribution in [2.24, 2.45) is 0 Å². The molecular weight excluding hydrogens is 334 g/mol. The first-order valence-corrected chi connectivity index (χ1v) is 8.90. The molecule has 1 N–H and O–H groups in total. The van der Waals surface area contributed by atoms with Crippen LogP contribution in [0.4, 0.5) is 16.2 Å². The first kappa shape index (κ1) is 15.8. The maximum atomic E-state index is 12.9. The quantitative estimate of drug-likeness (QED) is 0.611. The van der Waals surface area contributed by atoms with Gasteiger partial charge in [0.1, 0.15) is 5.75 Å². The molecule has 0 bridgehead atoms. The minimum absolute atomic E-state index is 0.207. The molecule has 0 unspecified atom stereocenters. The third-order valence-corrected chi connectivity index (χ3v) is 5.12. The zero-order valence-corrected chi connectivity index (χ0v) is 14.7. The van der Waals surface area contributed by atoms with Crippen LogP contribution in [0.15, 0.2) is 64.4 Å². The van der Waals surface area contributed by atoms with Crippen molar-refractivity contribution in [2.75, 3.05) is 4.90 Å². The fraction of sp³-hybridized carbons (Fsp3) is 0.150. The number of rotatable bonds is 1. The van der Waals surface area contributed by atoms with Crippen molar-refractivity contribution in [3.05, 3.63) is 54.6 Å². The maximum Gasteiger partial charge on any atom is 0.419 e. The first-order valence-electron chi connectivity index (χ1n) is 8.08. The highest BCUT2D eigenvalue weighted by Crippen LogP contribution is 2.52. The predicted octanol–water partition coefficient (Wildman–Crippen LogP) is 5.69. The van der Waals surface area contributed by atoms with Crippen molar-refractivity contribution >= 4 is 40.0 Å². The van der Waals surface area contributed by atoms with E-state index in [1.54, 1.807) is 22.7 Å². The number of phenolic OH excluding ortho intramolecular Hbond substituents is 1. The molecule has 1 aliphatic rings. The van der Waals surface area contributed by atoms with Crippen LogP contribution in [-0.4, -0.2) is 17.3 Å². The summed E-state index contributed by atoms with van der Waals surface area (Å²) in [5.74, 6) is 0.207. The van der Waals surface area contributed by atoms with E-state index in [1.165, 1.54) is 0 Å². The van der Waals surface area contributed by atoms with E-state index in [0.717, 1.165) is 26.6 Å². The summed E-state index contributed by atoms with van der Waals surface area (Å²) >= 11 is 1.54. The molecule has 0 saturated heterocycles. The summed E-state index contributed by atoms with van der Waals surface area (Å²) in [4.78, 5) is 16.3. The van der Waals surface area contributed by atoms with Gasteiger partial charge >= 0.3 is 6.09 Å². The number of para-hydroxylation sites is 1. The molecule has 1 aliphatic heterocycles. The van der Waals surface area contributed by atoms with Gasteiger partial charge in [-0.15, -0.1) is 0 Å². The second-order valence-corrected chi connectivity index (χ2v) is 7.21. The highest BCUT2D eigenvalue weighted by atomic mass is 32.2. The van der Waals surface area contributed by atoms with Crippen molar-refractivity contribution in [3.63, 3.8) is 0 Å². The monoisotopic (exact) mass is 351 g/mol. The standard InChI is InChI=1S/C20H17NO3S/c1-12(2)24-20(23)21-15-9-5-6-10-17(15)25-18-11-16(22)13-7-3-4-8-14(13)19(18)21/h3-12,22H,1-2H3. The van der Waals surface area contributed by atoms with Gasteiger partial charge < -0.3 is 9.84 Å². The summed E-state index contributed by atoms with van der Waals surface area (Å²) < 4.78 is 5.50. The number of phenols is 1. The van der Waals surface area contributed by atoms with Crippen molar-refractivity contribution in [1.82, 2.24) is 0 Å². The largest absolute Gasteiger partial charge is 0.507 e. The van der Waals surface area contributed by atoms with Crippen molar-refractivity contribution in [2.45, 2.75) is 29.7 Å². The molecule has 3 aromatic rings. The number of fused-ring (bicyclic) bond motifs is 4. The highest BCUT2D eigenvalue weighted by Gasteiger charge is 2.32. The van der Waals surface area contributed by atoms with E-state index in [0.29, 0.717) is 5.39 Å². The maximum absolute atomic E-state index is 12.9. The number of ether oxygens (including phenoxy) is 1. The Bertz CT molecular complexity index is 984. The fourth-order valence-corrected chi connectivity index (χ4v) is 4.15. The van der Waals surface area contributed by atoms with Gasteiger partial charge in [0.25, 0.3) is 0 Å². The van der Waals surface area contributed by atoms with Crippen LogP contribution >= 0.6 is 11.8 Å². The lowest BCUT2D eigenvalue weighted by Crippen LogP contribution is -2.31. The molecule has 25 heavy (non-hydrogen) atoms. The molecule has 0 radical (unpaired) electrons. The minimum atomic E-state index is -0.417. The van der Waals surface area contributed by atoms with Gasteiger partial charge in [0, 0.05) is 20.6 Å². The number of hydrogen-bond donors (Lipinski definition) is 1. The molecule has 4 nitrogen and oxygen atoms in total. The second kappa shape index (κ2) is 6.01. The first-order chi connectivity index (χ1) is 12.1. The number of carbonyl (C=O) groups excluding carboxylic acids is 1. The van der Waals surface area contributed by atoms with Crippen molar-refractivity contribution < 1.29 is 14.6 Å². The summed E-state index contributed by atoms with van der Waals surface area (Å²) in [6.45, 7) is 3.66.